The van der Waals surface area contributed by atoms with E-state index in [4.69, 9.17) is 17.3 Å². The number of hydrogen-bond acceptors (Lipinski definition) is 5. The molecule has 0 bridgehead atoms. The van der Waals surface area contributed by atoms with Crippen LogP contribution >= 0.6 is 11.6 Å². The van der Waals surface area contributed by atoms with Crippen molar-refractivity contribution in [1.29, 1.82) is 5.26 Å². The molecular formula is C25H20ClN3O3S. The zero-order chi connectivity index (χ0) is 23.8. The molecule has 0 fully saturated rings. The molecule has 0 aromatic heterocycles. The van der Waals surface area contributed by atoms with Crippen molar-refractivity contribution < 1.29 is 13.2 Å². The number of Topliss-reactive ketones (excluding diaryl/α,β-unsaturated/α-hetero) is 1. The van der Waals surface area contributed by atoms with E-state index in [9.17, 15) is 18.5 Å². The fraction of sp³-hybridized carbons (Fsp3) is 0.120. The summed E-state index contributed by atoms with van der Waals surface area (Å²) in [5.41, 5.74) is 8.06. The molecule has 6 nitrogen and oxygen atoms in total. The van der Waals surface area contributed by atoms with E-state index in [1.807, 2.05) is 13.0 Å². The average Bonchev–Trinajstić information content (AvgIpc) is 3.12. The smallest absolute Gasteiger partial charge is 0.266 e. The number of hydrogen-bond donors (Lipinski definition) is 1. The maximum absolute atomic E-state index is 13.7. The van der Waals surface area contributed by atoms with E-state index < -0.39 is 27.8 Å². The van der Waals surface area contributed by atoms with E-state index in [0.717, 1.165) is 9.87 Å². The van der Waals surface area contributed by atoms with Gasteiger partial charge in [-0.05, 0) is 36.8 Å². The predicted molar refractivity (Wildman–Crippen MR) is 126 cm³/mol. The molecule has 1 aliphatic heterocycles. The van der Waals surface area contributed by atoms with E-state index in [-0.39, 0.29) is 16.3 Å². The Labute approximate surface area is 197 Å². The van der Waals surface area contributed by atoms with E-state index in [2.05, 4.69) is 0 Å². The lowest BCUT2D eigenvalue weighted by atomic mass is 9.84. The van der Waals surface area contributed by atoms with Crippen molar-refractivity contribution >= 4 is 27.4 Å². The average molecular weight is 478 g/mol. The number of carbonyl (C=O) groups excluding carboxylic acids is 1. The summed E-state index contributed by atoms with van der Waals surface area (Å²) in [4.78, 5) is 13.7. The monoisotopic (exact) mass is 477 g/mol. The van der Waals surface area contributed by atoms with Gasteiger partial charge in [-0.3, -0.25) is 4.79 Å². The van der Waals surface area contributed by atoms with Gasteiger partial charge in [0.1, 0.15) is 11.9 Å². The standard InChI is InChI=1S/C25H20ClN3O3S/c1-16-7-13-20(14-8-16)33(31,32)29-23(24(30)18-5-3-2-4-6-18)22(21(15-27)25(29)28)17-9-11-19(26)12-10-17/h2-14,22-23H,28H2,1H3. The van der Waals surface area contributed by atoms with Crippen LogP contribution < -0.4 is 5.73 Å². The summed E-state index contributed by atoms with van der Waals surface area (Å²) in [5.74, 6) is -1.60. The third-order valence-electron chi connectivity index (χ3n) is 5.65. The number of sulfonamides is 1. The first-order valence-corrected chi connectivity index (χ1v) is 11.9. The van der Waals surface area contributed by atoms with Crippen LogP contribution in [0.15, 0.2) is 95.2 Å². The van der Waals surface area contributed by atoms with Crippen molar-refractivity contribution in [2.24, 2.45) is 5.73 Å². The van der Waals surface area contributed by atoms with Gasteiger partial charge in [-0.25, -0.2) is 12.7 Å². The Morgan fingerprint density at radius 1 is 1.00 bits per heavy atom. The maximum atomic E-state index is 13.7. The van der Waals surface area contributed by atoms with Gasteiger partial charge in [0.15, 0.2) is 5.78 Å². The minimum atomic E-state index is -4.25. The largest absolute Gasteiger partial charge is 0.384 e. The van der Waals surface area contributed by atoms with Crippen molar-refractivity contribution in [3.8, 4) is 6.07 Å². The van der Waals surface area contributed by atoms with Crippen LogP contribution in [0, 0.1) is 18.3 Å². The van der Waals surface area contributed by atoms with Gasteiger partial charge in [0.2, 0.25) is 0 Å². The zero-order valence-corrected chi connectivity index (χ0v) is 19.2. The van der Waals surface area contributed by atoms with Crippen LogP contribution in [0.25, 0.3) is 0 Å². The highest BCUT2D eigenvalue weighted by atomic mass is 35.5. The van der Waals surface area contributed by atoms with Crippen LogP contribution in [-0.2, 0) is 10.0 Å². The molecule has 33 heavy (non-hydrogen) atoms. The summed E-state index contributed by atoms with van der Waals surface area (Å²) in [6.07, 6.45) is 0. The molecule has 2 atom stereocenters. The summed E-state index contributed by atoms with van der Waals surface area (Å²) in [7, 11) is -4.25. The first kappa shape index (κ1) is 22.6. The van der Waals surface area contributed by atoms with Crippen molar-refractivity contribution in [2.45, 2.75) is 23.8 Å². The Balaban J connectivity index is 1.94. The van der Waals surface area contributed by atoms with Crippen LogP contribution in [0.3, 0.4) is 0 Å². The van der Waals surface area contributed by atoms with Crippen molar-refractivity contribution in [3.05, 3.63) is 112 Å². The number of nitrogens with zero attached hydrogens (tertiary/aromatic N) is 2. The molecule has 8 heteroatoms. The molecule has 0 aliphatic carbocycles. The number of ketones is 1. The van der Waals surface area contributed by atoms with Gasteiger partial charge in [-0.15, -0.1) is 0 Å². The van der Waals surface area contributed by atoms with Gasteiger partial charge in [-0.2, -0.15) is 5.26 Å². The van der Waals surface area contributed by atoms with Crippen molar-refractivity contribution in [3.63, 3.8) is 0 Å². The number of aryl methyl sites for hydroxylation is 1. The Morgan fingerprint density at radius 2 is 1.61 bits per heavy atom. The summed E-state index contributed by atoms with van der Waals surface area (Å²) in [6.45, 7) is 1.84. The van der Waals surface area contributed by atoms with Crippen molar-refractivity contribution in [2.75, 3.05) is 0 Å². The topological polar surface area (TPSA) is 104 Å². The molecule has 0 saturated heterocycles. The van der Waals surface area contributed by atoms with Crippen LogP contribution in [0.5, 0.6) is 0 Å². The van der Waals surface area contributed by atoms with Gasteiger partial charge < -0.3 is 5.73 Å². The van der Waals surface area contributed by atoms with Crippen LogP contribution in [-0.4, -0.2) is 24.5 Å². The van der Waals surface area contributed by atoms with Gasteiger partial charge in [0.25, 0.3) is 10.0 Å². The molecule has 1 heterocycles. The van der Waals surface area contributed by atoms with E-state index in [1.165, 1.54) is 12.1 Å². The number of nitrogens with two attached hydrogens (primary N) is 1. The molecule has 1 aliphatic rings. The first-order valence-electron chi connectivity index (χ1n) is 10.1. The molecule has 2 N–H and O–H groups in total. The molecule has 3 aromatic carbocycles. The maximum Gasteiger partial charge on any atom is 0.266 e. The Morgan fingerprint density at radius 3 is 2.18 bits per heavy atom. The molecule has 0 spiro atoms. The highest BCUT2D eigenvalue weighted by Crippen LogP contribution is 2.43. The lowest BCUT2D eigenvalue weighted by Crippen LogP contribution is -2.45. The first-order chi connectivity index (χ1) is 15.8. The van der Waals surface area contributed by atoms with Crippen molar-refractivity contribution in [1.82, 2.24) is 4.31 Å². The van der Waals surface area contributed by atoms with E-state index in [0.29, 0.717) is 16.1 Å². The molecule has 2 unspecified atom stereocenters. The van der Waals surface area contributed by atoms with E-state index >= 15 is 0 Å². The number of rotatable bonds is 5. The molecule has 0 saturated carbocycles. The van der Waals surface area contributed by atoms with E-state index in [1.54, 1.807) is 66.7 Å². The molecule has 3 aromatic rings. The highest BCUT2D eigenvalue weighted by Gasteiger charge is 2.50. The van der Waals surface area contributed by atoms with Crippen LogP contribution in [0.1, 0.15) is 27.4 Å². The molecule has 4 rings (SSSR count). The zero-order valence-electron chi connectivity index (χ0n) is 17.6. The fourth-order valence-electron chi connectivity index (χ4n) is 4.00. The van der Waals surface area contributed by atoms with Crippen LogP contribution in [0.4, 0.5) is 0 Å². The van der Waals surface area contributed by atoms with Gasteiger partial charge in [-0.1, -0.05) is 71.8 Å². The number of benzene rings is 3. The van der Waals surface area contributed by atoms with Gasteiger partial charge in [0, 0.05) is 10.6 Å². The predicted octanol–water partition coefficient (Wildman–Crippen LogP) is 4.38. The van der Waals surface area contributed by atoms with Crippen LogP contribution in [0.2, 0.25) is 5.02 Å². The SMILES string of the molecule is Cc1ccc(S(=O)(=O)N2C(N)=C(C#N)C(c3ccc(Cl)cc3)C2C(=O)c2ccccc2)cc1. The van der Waals surface area contributed by atoms with Gasteiger partial charge in [0.05, 0.1) is 22.5 Å². The van der Waals surface area contributed by atoms with Gasteiger partial charge >= 0.3 is 0 Å². The lowest BCUT2D eigenvalue weighted by Gasteiger charge is -2.29. The summed E-state index contributed by atoms with van der Waals surface area (Å²) >= 11 is 6.03. The molecule has 166 valence electrons. The second-order valence-corrected chi connectivity index (χ2v) is 9.98. The fourth-order valence-corrected chi connectivity index (χ4v) is 5.71. The third kappa shape index (κ3) is 3.99. The number of halogens is 1. The quantitative estimate of drug-likeness (QED) is 0.549. The summed E-state index contributed by atoms with van der Waals surface area (Å²) in [6, 6.07) is 22.0. The normalized spacial score (nSPS) is 18.3. The second-order valence-electron chi connectivity index (χ2n) is 7.73. The number of carbonyl (C=O) groups is 1. The lowest BCUT2D eigenvalue weighted by molar-refractivity contribution is 0.0910. The Bertz CT molecular complexity index is 1380. The number of nitriles is 1. The Kier molecular flexibility index (Phi) is 5.98. The summed E-state index contributed by atoms with van der Waals surface area (Å²) in [5, 5.41) is 10.4. The molecular weight excluding hydrogens is 458 g/mol. The minimum Gasteiger partial charge on any atom is -0.384 e. The third-order valence-corrected chi connectivity index (χ3v) is 7.71. The highest BCUT2D eigenvalue weighted by molar-refractivity contribution is 7.89. The second kappa shape index (κ2) is 8.74. The minimum absolute atomic E-state index is 0.0160. The molecule has 0 amide bonds. The Hall–Kier alpha value is -3.60. The summed E-state index contributed by atoms with van der Waals surface area (Å²) < 4.78 is 28.3. The molecule has 0 radical (unpaired) electrons.